The molecule has 0 aliphatic heterocycles. The minimum Gasteiger partial charge on any atom is -0.505 e. The molecule has 1 unspecified atom stereocenters. The number of halogens is 2. The van der Waals surface area contributed by atoms with Crippen molar-refractivity contribution in [2.75, 3.05) is 0 Å². The van der Waals surface area contributed by atoms with Crippen LogP contribution in [0.1, 0.15) is 48.3 Å². The maximum absolute atomic E-state index is 15.0. The van der Waals surface area contributed by atoms with E-state index in [-0.39, 0.29) is 27.7 Å². The summed E-state index contributed by atoms with van der Waals surface area (Å²) in [4.78, 5) is 25.3. The normalized spacial score (nSPS) is 12.9. The molecular formula is C22H21F2NO4. The fourth-order valence-electron chi connectivity index (χ4n) is 3.77. The smallest absolute Gasteiger partial charge is 0.311 e. The van der Waals surface area contributed by atoms with Crippen LogP contribution >= 0.6 is 0 Å². The van der Waals surface area contributed by atoms with Crippen LogP contribution in [0.15, 0.2) is 36.4 Å². The summed E-state index contributed by atoms with van der Waals surface area (Å²) in [5.74, 6) is -5.20. The second-order valence-electron chi connectivity index (χ2n) is 8.08. The molecule has 0 aliphatic carbocycles. The molecule has 29 heavy (non-hydrogen) atoms. The lowest BCUT2D eigenvalue weighted by atomic mass is 9.75. The predicted molar refractivity (Wildman–Crippen MR) is 104 cm³/mol. The van der Waals surface area contributed by atoms with E-state index in [2.05, 4.69) is 0 Å². The third-order valence-electron chi connectivity index (χ3n) is 5.01. The minimum absolute atomic E-state index is 0.0349. The van der Waals surface area contributed by atoms with Gasteiger partial charge in [-0.3, -0.25) is 14.2 Å². The topological polar surface area (TPSA) is 79.5 Å². The molecule has 2 N–H and O–H groups in total. The zero-order chi connectivity index (χ0) is 21.7. The van der Waals surface area contributed by atoms with E-state index in [9.17, 15) is 28.6 Å². The number of carbonyl (C=O) groups excluding carboxylic acids is 1. The largest absolute Gasteiger partial charge is 0.505 e. The average Bonchev–Trinajstić information content (AvgIpc) is 2.89. The molecule has 1 heterocycles. The Balaban J connectivity index is 2.42. The van der Waals surface area contributed by atoms with E-state index in [0.29, 0.717) is 0 Å². The van der Waals surface area contributed by atoms with Crippen molar-refractivity contribution in [2.45, 2.75) is 33.6 Å². The first-order valence-corrected chi connectivity index (χ1v) is 9.00. The van der Waals surface area contributed by atoms with Gasteiger partial charge >= 0.3 is 5.97 Å². The molecule has 3 aromatic rings. The number of benzene rings is 2. The highest BCUT2D eigenvalue weighted by molar-refractivity contribution is 6.05. The summed E-state index contributed by atoms with van der Waals surface area (Å²) in [5, 5.41) is 19.6. The van der Waals surface area contributed by atoms with Gasteiger partial charge in [-0.25, -0.2) is 8.78 Å². The summed E-state index contributed by atoms with van der Waals surface area (Å²) >= 11 is 0. The number of carboxylic acid groups (broad SMARTS) is 1. The Bertz CT molecular complexity index is 1140. The van der Waals surface area contributed by atoms with Crippen LogP contribution in [0.25, 0.3) is 10.9 Å². The maximum Gasteiger partial charge on any atom is 0.311 e. The molecule has 0 aliphatic rings. The highest BCUT2D eigenvalue weighted by atomic mass is 19.1. The number of rotatable bonds is 3. The van der Waals surface area contributed by atoms with Crippen LogP contribution < -0.4 is 0 Å². The Kier molecular flexibility index (Phi) is 4.94. The number of hydrogen-bond acceptors (Lipinski definition) is 3. The first-order chi connectivity index (χ1) is 13.4. The summed E-state index contributed by atoms with van der Waals surface area (Å²) in [6.45, 7) is 6.61. The fourth-order valence-corrected chi connectivity index (χ4v) is 3.77. The minimum atomic E-state index is -1.18. The van der Waals surface area contributed by atoms with Gasteiger partial charge in [0.15, 0.2) is 11.6 Å². The second-order valence-corrected chi connectivity index (χ2v) is 8.08. The van der Waals surface area contributed by atoms with Gasteiger partial charge in [0.1, 0.15) is 5.82 Å². The lowest BCUT2D eigenvalue weighted by molar-refractivity contribution is -0.141. The zero-order valence-corrected chi connectivity index (χ0v) is 16.5. The van der Waals surface area contributed by atoms with Crippen molar-refractivity contribution < 1.29 is 28.6 Å². The van der Waals surface area contributed by atoms with Gasteiger partial charge in [0.25, 0.3) is 5.91 Å². The highest BCUT2D eigenvalue weighted by Gasteiger charge is 2.38. The zero-order valence-electron chi connectivity index (χ0n) is 16.5. The molecule has 2 aromatic carbocycles. The molecule has 0 fully saturated rings. The number of aliphatic carboxylic acids is 1. The highest BCUT2D eigenvalue weighted by Crippen LogP contribution is 2.44. The van der Waals surface area contributed by atoms with E-state index in [1.54, 1.807) is 20.8 Å². The van der Waals surface area contributed by atoms with Gasteiger partial charge in [-0.05, 0) is 48.2 Å². The molecule has 0 saturated carbocycles. The van der Waals surface area contributed by atoms with Crippen molar-refractivity contribution in [1.29, 1.82) is 0 Å². The van der Waals surface area contributed by atoms with Crippen molar-refractivity contribution in [3.8, 4) is 5.75 Å². The van der Waals surface area contributed by atoms with Crippen molar-refractivity contribution in [1.82, 2.24) is 4.57 Å². The van der Waals surface area contributed by atoms with Crippen molar-refractivity contribution >= 4 is 22.8 Å². The number of carboxylic acids is 1. The van der Waals surface area contributed by atoms with Crippen LogP contribution in [-0.4, -0.2) is 26.7 Å². The van der Waals surface area contributed by atoms with Crippen LogP contribution in [0.3, 0.4) is 0 Å². The second kappa shape index (κ2) is 6.99. The Morgan fingerprint density at radius 1 is 1.10 bits per heavy atom. The molecule has 0 amide bonds. The van der Waals surface area contributed by atoms with E-state index in [0.717, 1.165) is 12.1 Å². The molecule has 0 saturated heterocycles. The third kappa shape index (κ3) is 3.37. The van der Waals surface area contributed by atoms with Crippen LogP contribution in [0.2, 0.25) is 0 Å². The van der Waals surface area contributed by atoms with Crippen LogP contribution in [0.5, 0.6) is 5.75 Å². The number of hydrogen-bond donors (Lipinski definition) is 2. The Morgan fingerprint density at radius 3 is 2.31 bits per heavy atom. The molecule has 152 valence electrons. The Hall–Kier alpha value is -3.22. The van der Waals surface area contributed by atoms with Crippen LogP contribution in [0.4, 0.5) is 8.78 Å². The number of phenolic OH excluding ortho intramolecular Hbond substituents is 1. The average molecular weight is 401 g/mol. The van der Waals surface area contributed by atoms with Gasteiger partial charge in [-0.15, -0.1) is 0 Å². The molecule has 7 heteroatoms. The van der Waals surface area contributed by atoms with Gasteiger partial charge in [-0.2, -0.15) is 0 Å². The standard InChI is InChI=1S/C22H21F2NO4/c1-11-16(18(21(28)29)22(2,3)4)17-14(8-9-15(26)19(17)24)25(11)20(27)12-6-5-7-13(23)10-12/h5-10,18,26H,1-4H3,(H,28,29). The molecule has 0 bridgehead atoms. The number of nitrogens with zero attached hydrogens (tertiary/aromatic N) is 1. The number of fused-ring (bicyclic) bond motifs is 1. The Morgan fingerprint density at radius 2 is 1.76 bits per heavy atom. The van der Waals surface area contributed by atoms with Crippen LogP contribution in [0, 0.1) is 24.0 Å². The number of carbonyl (C=O) groups is 2. The SMILES string of the molecule is Cc1c(C(C(=O)O)C(C)(C)C)c2c(F)c(O)ccc2n1C(=O)c1cccc(F)c1. The van der Waals surface area contributed by atoms with Gasteiger partial charge in [0, 0.05) is 16.6 Å². The van der Waals surface area contributed by atoms with Gasteiger partial charge in [0.05, 0.1) is 11.4 Å². The van der Waals surface area contributed by atoms with Gasteiger partial charge in [0.2, 0.25) is 0 Å². The molecule has 3 rings (SSSR count). The molecule has 1 aromatic heterocycles. The molecule has 1 atom stereocenters. The maximum atomic E-state index is 15.0. The number of aromatic nitrogens is 1. The number of aromatic hydroxyl groups is 1. The van der Waals surface area contributed by atoms with Crippen molar-refractivity contribution in [3.05, 3.63) is 64.9 Å². The van der Waals surface area contributed by atoms with Crippen molar-refractivity contribution in [2.24, 2.45) is 5.41 Å². The molecular weight excluding hydrogens is 380 g/mol. The van der Waals surface area contributed by atoms with E-state index in [1.165, 1.54) is 35.8 Å². The lowest BCUT2D eigenvalue weighted by Crippen LogP contribution is -2.27. The first kappa shape index (κ1) is 20.5. The van der Waals surface area contributed by atoms with E-state index in [1.807, 2.05) is 0 Å². The van der Waals surface area contributed by atoms with E-state index >= 15 is 0 Å². The summed E-state index contributed by atoms with van der Waals surface area (Å²) in [6.07, 6.45) is 0. The van der Waals surface area contributed by atoms with Crippen LogP contribution in [-0.2, 0) is 4.79 Å². The molecule has 5 nitrogen and oxygen atoms in total. The summed E-state index contributed by atoms with van der Waals surface area (Å²) in [7, 11) is 0. The van der Waals surface area contributed by atoms with Gasteiger partial charge in [-0.1, -0.05) is 26.8 Å². The summed E-state index contributed by atoms with van der Waals surface area (Å²) in [5.41, 5.74) is -0.334. The summed E-state index contributed by atoms with van der Waals surface area (Å²) < 4.78 is 29.8. The van der Waals surface area contributed by atoms with Gasteiger partial charge < -0.3 is 10.2 Å². The first-order valence-electron chi connectivity index (χ1n) is 9.00. The van der Waals surface area contributed by atoms with E-state index < -0.39 is 40.6 Å². The predicted octanol–water partition coefficient (Wildman–Crippen LogP) is 4.84. The van der Waals surface area contributed by atoms with E-state index in [4.69, 9.17) is 0 Å². The molecule has 0 spiro atoms. The van der Waals surface area contributed by atoms with Crippen molar-refractivity contribution in [3.63, 3.8) is 0 Å². The quantitative estimate of drug-likeness (QED) is 0.658. The monoisotopic (exact) mass is 401 g/mol. The summed E-state index contributed by atoms with van der Waals surface area (Å²) in [6, 6.07) is 7.51. The Labute approximate surface area is 166 Å². The molecule has 0 radical (unpaired) electrons. The lowest BCUT2D eigenvalue weighted by Gasteiger charge is -2.28. The fraction of sp³-hybridized carbons (Fsp3) is 0.273. The third-order valence-corrected chi connectivity index (χ3v) is 5.01. The number of phenols is 1.